The topological polar surface area (TPSA) is 35.5 Å². The van der Waals surface area contributed by atoms with Crippen LogP contribution in [0, 0.1) is 5.82 Å². The van der Waals surface area contributed by atoms with Crippen molar-refractivity contribution in [3.05, 3.63) is 53.4 Å². The quantitative estimate of drug-likeness (QED) is 0.562. The van der Waals surface area contributed by atoms with Crippen LogP contribution in [0.25, 0.3) is 17.2 Å². The van der Waals surface area contributed by atoms with Crippen LogP contribution in [-0.2, 0) is 4.79 Å². The Balaban J connectivity index is 2.89. The van der Waals surface area contributed by atoms with E-state index in [1.54, 1.807) is 32.4 Å². The molecule has 24 heavy (non-hydrogen) atoms. The van der Waals surface area contributed by atoms with Gasteiger partial charge >= 0.3 is 0 Å². The monoisotopic (exact) mass is 328 g/mol. The minimum absolute atomic E-state index is 0.204. The van der Waals surface area contributed by atoms with Gasteiger partial charge in [0.05, 0.1) is 14.2 Å². The number of halogens is 1. The van der Waals surface area contributed by atoms with E-state index in [9.17, 15) is 9.18 Å². The summed E-state index contributed by atoms with van der Waals surface area (Å²) < 4.78 is 24.4. The van der Waals surface area contributed by atoms with Crippen LogP contribution >= 0.6 is 0 Å². The van der Waals surface area contributed by atoms with Gasteiger partial charge in [0.1, 0.15) is 12.1 Å². The molecule has 2 aromatic rings. The number of ether oxygens (including phenoxy) is 2. The van der Waals surface area contributed by atoms with E-state index in [0.717, 1.165) is 28.5 Å². The molecule has 4 heteroatoms. The van der Waals surface area contributed by atoms with E-state index in [4.69, 9.17) is 9.47 Å². The predicted octanol–water partition coefficient (Wildman–Crippen LogP) is 4.85. The van der Waals surface area contributed by atoms with E-state index in [1.165, 1.54) is 18.2 Å². The van der Waals surface area contributed by atoms with Gasteiger partial charge in [-0.1, -0.05) is 32.1 Å². The summed E-state index contributed by atoms with van der Waals surface area (Å²) in [4.78, 5) is 10.8. The molecule has 0 atom stereocenters. The standard InChI is InChI=1S/C20H21FO3/c1-13(2)17-12-18(23-3)20(24-4)19(16(17)6-5-11-22)14-7-9-15(21)10-8-14/h5-13H,1-4H3/b6-5+. The second-order valence-electron chi connectivity index (χ2n) is 5.65. The first-order valence-electron chi connectivity index (χ1n) is 7.70. The van der Waals surface area contributed by atoms with Crippen molar-refractivity contribution in [1.29, 1.82) is 0 Å². The second kappa shape index (κ2) is 7.77. The number of rotatable bonds is 6. The molecule has 0 saturated heterocycles. The lowest BCUT2D eigenvalue weighted by Gasteiger charge is -2.21. The van der Waals surface area contributed by atoms with Gasteiger partial charge in [-0.3, -0.25) is 4.79 Å². The van der Waals surface area contributed by atoms with Gasteiger partial charge < -0.3 is 9.47 Å². The zero-order chi connectivity index (χ0) is 17.7. The summed E-state index contributed by atoms with van der Waals surface area (Å²) in [5.41, 5.74) is 3.45. The van der Waals surface area contributed by atoms with E-state index in [0.29, 0.717) is 11.5 Å². The van der Waals surface area contributed by atoms with Crippen molar-refractivity contribution in [3.8, 4) is 22.6 Å². The summed E-state index contributed by atoms with van der Waals surface area (Å²) in [6.07, 6.45) is 3.93. The molecule has 0 heterocycles. The molecule has 0 saturated carbocycles. The molecule has 0 bridgehead atoms. The molecular formula is C20H21FO3. The van der Waals surface area contributed by atoms with Crippen molar-refractivity contribution in [2.45, 2.75) is 19.8 Å². The molecule has 0 amide bonds. The molecule has 0 radical (unpaired) electrons. The minimum Gasteiger partial charge on any atom is -0.493 e. The SMILES string of the molecule is COc1cc(C(C)C)c(/C=C/C=O)c(-c2ccc(F)cc2)c1OC. The molecule has 0 aliphatic rings. The molecule has 0 N–H and O–H groups in total. The largest absolute Gasteiger partial charge is 0.493 e. The van der Waals surface area contributed by atoms with Crippen molar-refractivity contribution < 1.29 is 18.7 Å². The summed E-state index contributed by atoms with van der Waals surface area (Å²) in [6.45, 7) is 4.13. The lowest BCUT2D eigenvalue weighted by atomic mass is 9.88. The first-order valence-corrected chi connectivity index (χ1v) is 7.70. The highest BCUT2D eigenvalue weighted by molar-refractivity contribution is 5.87. The predicted molar refractivity (Wildman–Crippen MR) is 94.1 cm³/mol. The fourth-order valence-electron chi connectivity index (χ4n) is 2.72. The van der Waals surface area contributed by atoms with Crippen LogP contribution in [0.1, 0.15) is 30.9 Å². The Kier molecular flexibility index (Phi) is 5.74. The van der Waals surface area contributed by atoms with E-state index >= 15 is 0 Å². The van der Waals surface area contributed by atoms with Crippen LogP contribution in [0.3, 0.4) is 0 Å². The van der Waals surface area contributed by atoms with E-state index < -0.39 is 0 Å². The lowest BCUT2D eigenvalue weighted by molar-refractivity contribution is -0.104. The molecule has 0 aromatic heterocycles. The Morgan fingerprint density at radius 2 is 1.75 bits per heavy atom. The van der Waals surface area contributed by atoms with Crippen molar-refractivity contribution in [2.75, 3.05) is 14.2 Å². The summed E-state index contributed by atoms with van der Waals surface area (Å²) in [6, 6.07) is 8.10. The van der Waals surface area contributed by atoms with Crippen LogP contribution in [-0.4, -0.2) is 20.5 Å². The van der Waals surface area contributed by atoms with E-state index in [-0.39, 0.29) is 11.7 Å². The smallest absolute Gasteiger partial charge is 0.169 e. The average molecular weight is 328 g/mol. The molecule has 2 aromatic carbocycles. The zero-order valence-electron chi connectivity index (χ0n) is 14.3. The van der Waals surface area contributed by atoms with Crippen LogP contribution in [0.2, 0.25) is 0 Å². The number of carbonyl (C=O) groups is 1. The molecule has 3 nitrogen and oxygen atoms in total. The number of allylic oxidation sites excluding steroid dienone is 1. The molecule has 2 rings (SSSR count). The zero-order valence-corrected chi connectivity index (χ0v) is 14.3. The molecule has 0 unspecified atom stereocenters. The van der Waals surface area contributed by atoms with Gasteiger partial charge in [-0.2, -0.15) is 0 Å². The highest BCUT2D eigenvalue weighted by Gasteiger charge is 2.21. The maximum absolute atomic E-state index is 13.3. The molecule has 0 fully saturated rings. The number of hydrogen-bond donors (Lipinski definition) is 0. The molecule has 0 spiro atoms. The van der Waals surface area contributed by atoms with Gasteiger partial charge in [0.2, 0.25) is 0 Å². The first-order chi connectivity index (χ1) is 11.5. The maximum Gasteiger partial charge on any atom is 0.169 e. The van der Waals surface area contributed by atoms with Crippen molar-refractivity contribution in [3.63, 3.8) is 0 Å². The van der Waals surface area contributed by atoms with Crippen molar-refractivity contribution in [1.82, 2.24) is 0 Å². The molecule has 0 aliphatic carbocycles. The van der Waals surface area contributed by atoms with Gasteiger partial charge in [0.25, 0.3) is 0 Å². The van der Waals surface area contributed by atoms with Crippen LogP contribution in [0.15, 0.2) is 36.4 Å². The summed E-state index contributed by atoms with van der Waals surface area (Å²) in [5, 5.41) is 0. The minimum atomic E-state index is -0.310. The third kappa shape index (κ3) is 3.48. The second-order valence-corrected chi connectivity index (χ2v) is 5.65. The number of hydrogen-bond acceptors (Lipinski definition) is 3. The first kappa shape index (κ1) is 17.7. The Labute approximate surface area is 141 Å². The highest BCUT2D eigenvalue weighted by Crippen LogP contribution is 2.45. The Morgan fingerprint density at radius 1 is 1.08 bits per heavy atom. The fourth-order valence-corrected chi connectivity index (χ4v) is 2.72. The Hall–Kier alpha value is -2.62. The summed E-state index contributed by atoms with van der Waals surface area (Å²) in [5.74, 6) is 1.05. The number of aldehydes is 1. The number of carbonyl (C=O) groups excluding carboxylic acids is 1. The summed E-state index contributed by atoms with van der Waals surface area (Å²) in [7, 11) is 3.14. The third-order valence-electron chi connectivity index (χ3n) is 3.84. The normalized spacial score (nSPS) is 11.1. The summed E-state index contributed by atoms with van der Waals surface area (Å²) >= 11 is 0. The van der Waals surface area contributed by atoms with Crippen molar-refractivity contribution >= 4 is 12.4 Å². The van der Waals surface area contributed by atoms with Crippen LogP contribution in [0.4, 0.5) is 4.39 Å². The Bertz CT molecular complexity index is 746. The van der Waals surface area contributed by atoms with Crippen LogP contribution < -0.4 is 9.47 Å². The lowest BCUT2D eigenvalue weighted by Crippen LogP contribution is -2.02. The van der Waals surface area contributed by atoms with Gasteiger partial charge in [0, 0.05) is 5.56 Å². The van der Waals surface area contributed by atoms with Gasteiger partial charge in [0.15, 0.2) is 11.5 Å². The van der Waals surface area contributed by atoms with Gasteiger partial charge in [-0.25, -0.2) is 4.39 Å². The number of benzene rings is 2. The number of methoxy groups -OCH3 is 2. The highest BCUT2D eigenvalue weighted by atomic mass is 19.1. The molecular weight excluding hydrogens is 307 g/mol. The van der Waals surface area contributed by atoms with Crippen LogP contribution in [0.5, 0.6) is 11.5 Å². The average Bonchev–Trinajstić information content (AvgIpc) is 2.59. The molecule has 0 aliphatic heterocycles. The molecule has 126 valence electrons. The maximum atomic E-state index is 13.3. The fraction of sp³-hybridized carbons (Fsp3) is 0.250. The third-order valence-corrected chi connectivity index (χ3v) is 3.84. The van der Waals surface area contributed by atoms with Gasteiger partial charge in [-0.15, -0.1) is 0 Å². The van der Waals surface area contributed by atoms with E-state index in [2.05, 4.69) is 13.8 Å². The van der Waals surface area contributed by atoms with Gasteiger partial charge in [-0.05, 0) is 46.9 Å². The Morgan fingerprint density at radius 3 is 2.25 bits per heavy atom. The van der Waals surface area contributed by atoms with Crippen molar-refractivity contribution in [2.24, 2.45) is 0 Å². The van der Waals surface area contributed by atoms with E-state index in [1.807, 2.05) is 6.07 Å².